The van der Waals surface area contributed by atoms with Gasteiger partial charge in [-0.15, -0.1) is 0 Å². The van der Waals surface area contributed by atoms with E-state index < -0.39 is 0 Å². The minimum absolute atomic E-state index is 0.689. The van der Waals surface area contributed by atoms with E-state index in [1.807, 2.05) is 6.20 Å². The zero-order chi connectivity index (χ0) is 12.1. The maximum atomic E-state index is 4.39. The average molecular weight is 251 g/mol. The van der Waals surface area contributed by atoms with Gasteiger partial charge in [0.05, 0.1) is 5.69 Å². The van der Waals surface area contributed by atoms with Crippen LogP contribution in [0.1, 0.15) is 19.0 Å². The van der Waals surface area contributed by atoms with Crippen molar-refractivity contribution in [1.82, 2.24) is 10.3 Å². The Morgan fingerprint density at radius 3 is 3.18 bits per heavy atom. The molecule has 0 aromatic carbocycles. The molecule has 0 bridgehead atoms. The van der Waals surface area contributed by atoms with Gasteiger partial charge in [0.15, 0.2) is 0 Å². The fourth-order valence-corrected chi connectivity index (χ4v) is 3.34. The van der Waals surface area contributed by atoms with Crippen LogP contribution in [0.5, 0.6) is 0 Å². The smallest absolute Gasteiger partial charge is 0.0562 e. The Bertz CT molecular complexity index is 350. The van der Waals surface area contributed by atoms with Gasteiger partial charge in [-0.2, -0.15) is 11.8 Å². The highest BCUT2D eigenvalue weighted by Crippen LogP contribution is 2.25. The van der Waals surface area contributed by atoms with E-state index in [-0.39, 0.29) is 0 Å². The molecule has 4 heteroatoms. The van der Waals surface area contributed by atoms with Crippen LogP contribution < -0.4 is 10.2 Å². The van der Waals surface area contributed by atoms with E-state index in [1.165, 1.54) is 23.6 Å². The molecule has 1 N–H and O–H groups in total. The van der Waals surface area contributed by atoms with E-state index in [2.05, 4.69) is 53.1 Å². The largest absolute Gasteiger partial charge is 0.371 e. The van der Waals surface area contributed by atoms with Crippen molar-refractivity contribution in [3.63, 3.8) is 0 Å². The molecule has 0 amide bonds. The van der Waals surface area contributed by atoms with Gasteiger partial charge in [-0.1, -0.05) is 6.92 Å². The third-order valence-corrected chi connectivity index (χ3v) is 4.36. The molecule has 2 rings (SSSR count). The summed E-state index contributed by atoms with van der Waals surface area (Å²) in [6.45, 7) is 3.96. The van der Waals surface area contributed by atoms with E-state index in [0.29, 0.717) is 6.04 Å². The molecule has 0 radical (unpaired) electrons. The van der Waals surface area contributed by atoms with Crippen molar-refractivity contribution in [2.45, 2.75) is 25.9 Å². The second kappa shape index (κ2) is 6.26. The molecule has 3 nitrogen and oxygen atoms in total. The molecular weight excluding hydrogens is 230 g/mol. The highest BCUT2D eigenvalue weighted by atomic mass is 32.2. The Morgan fingerprint density at radius 2 is 2.47 bits per heavy atom. The van der Waals surface area contributed by atoms with Gasteiger partial charge in [-0.05, 0) is 30.9 Å². The van der Waals surface area contributed by atoms with Crippen molar-refractivity contribution >= 4 is 17.4 Å². The molecule has 1 aromatic rings. The first-order chi connectivity index (χ1) is 8.31. The van der Waals surface area contributed by atoms with Crippen LogP contribution in [-0.4, -0.2) is 36.1 Å². The number of nitrogens with one attached hydrogen (secondary N) is 1. The van der Waals surface area contributed by atoms with Gasteiger partial charge in [-0.3, -0.25) is 4.98 Å². The van der Waals surface area contributed by atoms with Gasteiger partial charge in [0.25, 0.3) is 0 Å². The third-order valence-electron chi connectivity index (χ3n) is 3.22. The fraction of sp³-hybridized carbons (Fsp3) is 0.615. The summed E-state index contributed by atoms with van der Waals surface area (Å²) in [6, 6.07) is 5.00. The molecular formula is C13H21N3S. The number of pyridine rings is 1. The van der Waals surface area contributed by atoms with Gasteiger partial charge < -0.3 is 10.2 Å². The number of thioether (sulfide) groups is 1. The lowest BCUT2D eigenvalue weighted by Gasteiger charge is -2.26. The van der Waals surface area contributed by atoms with Crippen LogP contribution in [0, 0.1) is 0 Å². The van der Waals surface area contributed by atoms with Gasteiger partial charge in [0.1, 0.15) is 0 Å². The topological polar surface area (TPSA) is 28.2 Å². The molecule has 1 saturated heterocycles. The number of hydrogen-bond acceptors (Lipinski definition) is 4. The van der Waals surface area contributed by atoms with Crippen molar-refractivity contribution in [2.24, 2.45) is 0 Å². The van der Waals surface area contributed by atoms with Crippen molar-refractivity contribution in [3.05, 3.63) is 24.0 Å². The fourth-order valence-electron chi connectivity index (χ4n) is 2.07. The lowest BCUT2D eigenvalue weighted by atomic mass is 10.2. The zero-order valence-corrected chi connectivity index (χ0v) is 11.5. The van der Waals surface area contributed by atoms with Crippen LogP contribution in [0.3, 0.4) is 0 Å². The molecule has 1 aliphatic rings. The Morgan fingerprint density at radius 1 is 1.59 bits per heavy atom. The molecule has 1 fully saturated rings. The minimum Gasteiger partial charge on any atom is -0.371 e. The number of anilines is 1. The molecule has 2 heterocycles. The molecule has 0 aliphatic carbocycles. The van der Waals surface area contributed by atoms with Gasteiger partial charge >= 0.3 is 0 Å². The lowest BCUT2D eigenvalue weighted by molar-refractivity contribution is 0.691. The summed E-state index contributed by atoms with van der Waals surface area (Å²) < 4.78 is 0. The minimum atomic E-state index is 0.689. The average Bonchev–Trinajstić information content (AvgIpc) is 2.89. The molecule has 1 aromatic heterocycles. The van der Waals surface area contributed by atoms with Gasteiger partial charge in [0.2, 0.25) is 0 Å². The first-order valence-corrected chi connectivity index (χ1v) is 7.43. The summed E-state index contributed by atoms with van der Waals surface area (Å²) in [5.74, 6) is 2.55. The summed E-state index contributed by atoms with van der Waals surface area (Å²) in [6.07, 6.45) is 3.21. The monoisotopic (exact) mass is 251 g/mol. The van der Waals surface area contributed by atoms with Crippen LogP contribution in [0.25, 0.3) is 0 Å². The number of nitrogens with zero attached hydrogens (tertiary/aromatic N) is 2. The predicted octanol–water partition coefficient (Wildman–Crippen LogP) is 2.13. The highest BCUT2D eigenvalue weighted by Gasteiger charge is 2.20. The SMILES string of the molecule is CCNCc1cc(N(C)C2CCSC2)ccn1. The summed E-state index contributed by atoms with van der Waals surface area (Å²) in [4.78, 5) is 6.79. The molecule has 94 valence electrons. The van der Waals surface area contributed by atoms with E-state index in [1.54, 1.807) is 0 Å². The Hall–Kier alpha value is -0.740. The molecule has 1 unspecified atom stereocenters. The van der Waals surface area contributed by atoms with Crippen molar-refractivity contribution in [1.29, 1.82) is 0 Å². The molecule has 0 spiro atoms. The summed E-state index contributed by atoms with van der Waals surface area (Å²) >= 11 is 2.05. The van der Waals surface area contributed by atoms with E-state index in [4.69, 9.17) is 0 Å². The lowest BCUT2D eigenvalue weighted by Crippen LogP contribution is -2.31. The maximum Gasteiger partial charge on any atom is 0.0562 e. The van der Waals surface area contributed by atoms with Gasteiger partial charge in [-0.25, -0.2) is 0 Å². The third kappa shape index (κ3) is 3.36. The standard InChI is InChI=1S/C13H21N3S/c1-3-14-9-11-8-12(4-6-15-11)16(2)13-5-7-17-10-13/h4,6,8,13-14H,3,5,7,9-10H2,1-2H3. The number of hydrogen-bond donors (Lipinski definition) is 1. The Balaban J connectivity index is 2.03. The Labute approximate surface area is 108 Å². The van der Waals surface area contributed by atoms with E-state index in [9.17, 15) is 0 Å². The second-order valence-electron chi connectivity index (χ2n) is 4.41. The normalized spacial score (nSPS) is 19.5. The molecule has 1 aliphatic heterocycles. The van der Waals surface area contributed by atoms with Gasteiger partial charge in [0, 0.05) is 37.3 Å². The van der Waals surface area contributed by atoms with Crippen molar-refractivity contribution in [2.75, 3.05) is 30.0 Å². The summed E-state index contributed by atoms with van der Waals surface area (Å²) in [7, 11) is 2.20. The summed E-state index contributed by atoms with van der Waals surface area (Å²) in [5.41, 5.74) is 2.42. The molecule has 1 atom stereocenters. The first-order valence-electron chi connectivity index (χ1n) is 6.27. The van der Waals surface area contributed by atoms with E-state index in [0.717, 1.165) is 18.8 Å². The molecule has 0 saturated carbocycles. The van der Waals surface area contributed by atoms with Crippen LogP contribution in [0.15, 0.2) is 18.3 Å². The zero-order valence-electron chi connectivity index (χ0n) is 10.6. The molecule has 17 heavy (non-hydrogen) atoms. The second-order valence-corrected chi connectivity index (χ2v) is 5.56. The number of aromatic nitrogens is 1. The first kappa shape index (κ1) is 12.7. The Kier molecular flexibility index (Phi) is 4.68. The van der Waals surface area contributed by atoms with Crippen LogP contribution in [0.4, 0.5) is 5.69 Å². The quantitative estimate of drug-likeness (QED) is 0.868. The number of rotatable bonds is 5. The van der Waals surface area contributed by atoms with Crippen LogP contribution in [-0.2, 0) is 6.54 Å². The summed E-state index contributed by atoms with van der Waals surface area (Å²) in [5, 5.41) is 3.32. The van der Waals surface area contributed by atoms with Crippen molar-refractivity contribution < 1.29 is 0 Å². The van der Waals surface area contributed by atoms with E-state index >= 15 is 0 Å². The highest BCUT2D eigenvalue weighted by molar-refractivity contribution is 7.99. The van der Waals surface area contributed by atoms with Crippen LogP contribution in [0.2, 0.25) is 0 Å². The van der Waals surface area contributed by atoms with Crippen molar-refractivity contribution in [3.8, 4) is 0 Å². The van der Waals surface area contributed by atoms with Crippen LogP contribution >= 0.6 is 11.8 Å². The maximum absolute atomic E-state index is 4.39. The predicted molar refractivity (Wildman–Crippen MR) is 75.8 cm³/mol.